The fourth-order valence-corrected chi connectivity index (χ4v) is 11.4. The number of benzene rings is 4. The summed E-state index contributed by atoms with van der Waals surface area (Å²) in [5.41, 5.74) is 2.69. The molecule has 25 heteroatoms. The zero-order chi connectivity index (χ0) is 59.3. The smallest absolute Gasteiger partial charge is 0.370 e. The Bertz CT molecular complexity index is 3560. The number of carbonyl (C=O) groups is 9. The van der Waals surface area contributed by atoms with Crippen molar-refractivity contribution in [2.24, 2.45) is 5.73 Å². The van der Waals surface area contributed by atoms with Gasteiger partial charge in [0.1, 0.15) is 35.9 Å². The maximum atomic E-state index is 15.8. The molecule has 21 nitrogen and oxygen atoms in total. The Balaban J connectivity index is 0.799. The number of halogens is 3. The molecule has 9 amide bonds. The van der Waals surface area contributed by atoms with Gasteiger partial charge in [0.15, 0.2) is 5.82 Å². The SMILES string of the molecule is NC(=O)CC[C@H](NC(=O)[C@@H]1Cc2cccc3c2N1C(=O)[C@@H](NC(=O)c1[nH]c2ccc(C(F)(F)P(=O)(O)O)cc2c1F)CC3)C(=O)N[C@H](C(=O)NCCCCCCCC#Cc1cccc2c1CN(C1CCC(=O)NC1=O)C2=O)c1ccccc1. The highest BCUT2D eigenvalue weighted by atomic mass is 31.2. The molecule has 83 heavy (non-hydrogen) atoms. The number of H-pyrrole nitrogens is 1. The number of primary amides is 1. The van der Waals surface area contributed by atoms with Gasteiger partial charge < -0.3 is 46.7 Å². The molecular formula is C58H59F3N9O12P. The lowest BCUT2D eigenvalue weighted by molar-refractivity contribution is -0.137. The maximum Gasteiger partial charge on any atom is 0.399 e. The van der Waals surface area contributed by atoms with E-state index in [1.165, 1.54) is 9.80 Å². The highest BCUT2D eigenvalue weighted by Crippen LogP contribution is 2.59. The van der Waals surface area contributed by atoms with E-state index in [2.05, 4.69) is 43.4 Å². The third-order valence-corrected chi connectivity index (χ3v) is 16.3. The number of nitrogens with one attached hydrogen (secondary N) is 6. The van der Waals surface area contributed by atoms with Crippen molar-refractivity contribution in [1.82, 2.24) is 36.5 Å². The van der Waals surface area contributed by atoms with E-state index in [9.17, 15) is 66.3 Å². The molecule has 1 fully saturated rings. The highest BCUT2D eigenvalue weighted by molar-refractivity contribution is 7.52. The second-order valence-electron chi connectivity index (χ2n) is 20.8. The van der Waals surface area contributed by atoms with Gasteiger partial charge in [0.05, 0.1) is 5.69 Å². The van der Waals surface area contributed by atoms with Crippen LogP contribution in [0.5, 0.6) is 0 Å². The molecule has 9 rings (SSSR count). The minimum absolute atomic E-state index is 0.0308. The van der Waals surface area contributed by atoms with E-state index in [1.807, 2.05) is 6.07 Å². The van der Waals surface area contributed by atoms with Gasteiger partial charge in [-0.25, -0.2) is 4.39 Å². The summed E-state index contributed by atoms with van der Waals surface area (Å²) in [6.45, 7) is 0.497. The van der Waals surface area contributed by atoms with Crippen LogP contribution in [0.4, 0.5) is 18.9 Å². The number of fused-ring (bicyclic) bond motifs is 2. The standard InChI is InChI=1S/C58H59F3N9O12P/c59-47-38-30-36(58(60,61)83(80,81)82)21-23-40(38)64-49(47)55(77)66-42-22-20-34-17-11-18-35-29-44(70(50(34)35)57(42)79)53(75)65-41(24-26-45(62)71)51(73)68-48(33-14-8-6-9-15-33)54(76)63-28-10-5-3-1-2-4-7-13-32-16-12-19-37-39(32)31-69(56(37)78)43-25-27-46(72)67-52(43)74/h6,8-9,11-12,14-19,21,23,30,41-44,48,64H,1-5,10,20,22,24-29,31H2,(H2,62,71)(H,63,76)(H,65,75)(H,66,77)(H,68,73)(H,67,72,74)(H2,80,81,82)/t41-,42-,43?,44-,48-/m0/s1. The lowest BCUT2D eigenvalue weighted by Crippen LogP contribution is -2.57. The first kappa shape index (κ1) is 59.0. The predicted octanol–water partition coefficient (Wildman–Crippen LogP) is 4.41. The Labute approximate surface area is 473 Å². The number of para-hydroxylation sites is 1. The third kappa shape index (κ3) is 12.7. The van der Waals surface area contributed by atoms with Crippen molar-refractivity contribution < 1.29 is 70.7 Å². The minimum atomic E-state index is -6.02. The van der Waals surface area contributed by atoms with Gasteiger partial charge >= 0.3 is 13.3 Å². The van der Waals surface area contributed by atoms with Crippen LogP contribution in [-0.4, -0.2) is 104 Å². The van der Waals surface area contributed by atoms with Crippen molar-refractivity contribution in [2.45, 2.75) is 126 Å². The Morgan fingerprint density at radius 2 is 1.59 bits per heavy atom. The van der Waals surface area contributed by atoms with Gasteiger partial charge in [-0.3, -0.25) is 57.9 Å². The second kappa shape index (κ2) is 24.8. The Morgan fingerprint density at radius 3 is 2.34 bits per heavy atom. The van der Waals surface area contributed by atoms with Gasteiger partial charge in [-0.1, -0.05) is 91.8 Å². The number of imide groups is 1. The van der Waals surface area contributed by atoms with Gasteiger partial charge in [0.25, 0.3) is 11.8 Å². The summed E-state index contributed by atoms with van der Waals surface area (Å²) >= 11 is 0. The van der Waals surface area contributed by atoms with Crippen LogP contribution in [0.15, 0.2) is 84.9 Å². The van der Waals surface area contributed by atoms with Crippen molar-refractivity contribution in [3.05, 3.63) is 135 Å². The van der Waals surface area contributed by atoms with Gasteiger partial charge in [0.2, 0.25) is 41.4 Å². The molecular weight excluding hydrogens is 1100 g/mol. The van der Waals surface area contributed by atoms with E-state index in [1.54, 1.807) is 60.7 Å². The average Bonchev–Trinajstić information content (AvgIpc) is 2.67. The van der Waals surface area contributed by atoms with Crippen molar-refractivity contribution in [3.63, 3.8) is 0 Å². The van der Waals surface area contributed by atoms with Crippen molar-refractivity contribution in [1.29, 1.82) is 0 Å². The monoisotopic (exact) mass is 1160 g/mol. The van der Waals surface area contributed by atoms with E-state index in [-0.39, 0.29) is 75.4 Å². The molecule has 5 atom stereocenters. The van der Waals surface area contributed by atoms with Crippen LogP contribution in [0, 0.1) is 17.7 Å². The molecule has 0 aliphatic carbocycles. The number of nitrogens with two attached hydrogens (primary N) is 1. The van der Waals surface area contributed by atoms with Crippen LogP contribution >= 0.6 is 7.60 Å². The predicted molar refractivity (Wildman–Crippen MR) is 293 cm³/mol. The number of nitrogens with zero attached hydrogens (tertiary/aromatic N) is 2. The van der Waals surface area contributed by atoms with Crippen LogP contribution in [0.3, 0.4) is 0 Å². The van der Waals surface area contributed by atoms with Crippen LogP contribution in [0.2, 0.25) is 0 Å². The topological polar surface area (TPSA) is 320 Å². The number of rotatable bonds is 21. The molecule has 0 saturated carbocycles. The summed E-state index contributed by atoms with van der Waals surface area (Å²) in [5.74, 6) is -1.01. The number of aromatic nitrogens is 1. The second-order valence-corrected chi connectivity index (χ2v) is 22.5. The Hall–Kier alpha value is -8.65. The van der Waals surface area contributed by atoms with Crippen LogP contribution in [-0.2, 0) is 63.2 Å². The van der Waals surface area contributed by atoms with E-state index in [0.717, 1.165) is 37.3 Å². The molecule has 5 aromatic rings. The minimum Gasteiger partial charge on any atom is -0.370 e. The molecule has 434 valence electrons. The van der Waals surface area contributed by atoms with E-state index in [4.69, 9.17) is 5.73 Å². The number of carbonyl (C=O) groups excluding carboxylic acids is 9. The van der Waals surface area contributed by atoms with Gasteiger partial charge in [-0.05, 0) is 85.0 Å². The lowest BCUT2D eigenvalue weighted by Gasteiger charge is -2.29. The average molecular weight is 1160 g/mol. The molecule has 5 heterocycles. The normalized spacial score (nSPS) is 18.3. The Morgan fingerprint density at radius 1 is 0.855 bits per heavy atom. The number of amides is 9. The molecule has 0 spiro atoms. The quantitative estimate of drug-likeness (QED) is 0.0214. The molecule has 1 aromatic heterocycles. The van der Waals surface area contributed by atoms with Crippen LogP contribution in [0.25, 0.3) is 10.9 Å². The summed E-state index contributed by atoms with van der Waals surface area (Å²) in [6, 6.07) is 14.8. The van der Waals surface area contributed by atoms with E-state index < -0.39 is 107 Å². The molecule has 1 saturated heterocycles. The van der Waals surface area contributed by atoms with E-state index in [0.29, 0.717) is 58.5 Å². The number of hydrogen-bond donors (Lipinski definition) is 9. The first-order valence-corrected chi connectivity index (χ1v) is 28.7. The van der Waals surface area contributed by atoms with Gasteiger partial charge in [-0.2, -0.15) is 8.78 Å². The number of alkyl halides is 2. The number of aromatic amines is 1. The fourth-order valence-electron chi connectivity index (χ4n) is 10.9. The zero-order valence-corrected chi connectivity index (χ0v) is 45.5. The maximum absolute atomic E-state index is 15.8. The summed E-state index contributed by atoms with van der Waals surface area (Å²) in [5, 5.41) is 12.5. The number of anilines is 1. The molecule has 0 bridgehead atoms. The van der Waals surface area contributed by atoms with Crippen LogP contribution in [0.1, 0.15) is 131 Å². The Kier molecular flexibility index (Phi) is 17.6. The molecule has 10 N–H and O–H groups in total. The zero-order valence-electron chi connectivity index (χ0n) is 44.6. The molecule has 4 aliphatic rings. The number of unbranched alkanes of at least 4 members (excludes halogenated alkanes) is 5. The van der Waals surface area contributed by atoms with E-state index >= 15 is 4.39 Å². The number of aryl methyl sites for hydroxylation is 1. The summed E-state index contributed by atoms with van der Waals surface area (Å²) < 4.78 is 56.4. The summed E-state index contributed by atoms with van der Waals surface area (Å²) in [6.07, 6.45) is 4.37. The van der Waals surface area contributed by atoms with Gasteiger partial charge in [0, 0.05) is 66.4 Å². The largest absolute Gasteiger partial charge is 0.399 e. The third-order valence-electron chi connectivity index (χ3n) is 15.3. The number of hydrogen-bond acceptors (Lipinski definition) is 10. The highest BCUT2D eigenvalue weighted by Gasteiger charge is 2.51. The van der Waals surface area contributed by atoms with Crippen molar-refractivity contribution in [3.8, 4) is 11.8 Å². The van der Waals surface area contributed by atoms with Crippen molar-refractivity contribution >= 4 is 77.4 Å². The first-order chi connectivity index (χ1) is 39.6. The molecule has 0 radical (unpaired) electrons. The summed E-state index contributed by atoms with van der Waals surface area (Å²) in [4.78, 5) is 144. The summed E-state index contributed by atoms with van der Waals surface area (Å²) in [7, 11) is -6.02. The van der Waals surface area contributed by atoms with Crippen molar-refractivity contribution in [2.75, 3.05) is 11.4 Å². The van der Waals surface area contributed by atoms with Gasteiger partial charge in [-0.15, -0.1) is 0 Å². The number of piperidine rings is 1. The molecule has 4 aliphatic heterocycles. The molecule has 1 unspecified atom stereocenters. The van der Waals surface area contributed by atoms with Crippen LogP contribution < -0.4 is 37.2 Å². The first-order valence-electron chi connectivity index (χ1n) is 27.1. The lowest BCUT2D eigenvalue weighted by atomic mass is 10.0. The fraction of sp³-hybridized carbons (Fsp3) is 0.362. The molecule has 4 aromatic carbocycles.